The van der Waals surface area contributed by atoms with Crippen molar-refractivity contribution in [3.63, 3.8) is 0 Å². The van der Waals surface area contributed by atoms with Crippen LogP contribution in [0.1, 0.15) is 16.7 Å². The van der Waals surface area contributed by atoms with Crippen molar-refractivity contribution in [3.8, 4) is 23.3 Å². The van der Waals surface area contributed by atoms with Crippen LogP contribution >= 0.6 is 0 Å². The van der Waals surface area contributed by atoms with Gasteiger partial charge in [-0.1, -0.05) is 84.9 Å². The maximum Gasteiger partial charge on any atom is 0.0998 e. The molecule has 0 fully saturated rings. The van der Waals surface area contributed by atoms with Gasteiger partial charge < -0.3 is 4.90 Å². The van der Waals surface area contributed by atoms with Crippen LogP contribution in [0, 0.1) is 22.7 Å². The van der Waals surface area contributed by atoms with Gasteiger partial charge in [-0.2, -0.15) is 10.5 Å². The van der Waals surface area contributed by atoms with Crippen molar-refractivity contribution >= 4 is 28.7 Å². The van der Waals surface area contributed by atoms with E-state index in [2.05, 4.69) is 65.6 Å². The molecule has 174 valence electrons. The van der Waals surface area contributed by atoms with Gasteiger partial charge >= 0.3 is 0 Å². The van der Waals surface area contributed by atoms with Crippen molar-refractivity contribution in [2.75, 3.05) is 4.90 Å². The van der Waals surface area contributed by atoms with Gasteiger partial charge in [-0.3, -0.25) is 0 Å². The first-order valence-corrected chi connectivity index (χ1v) is 12.0. The Morgan fingerprint density at radius 1 is 0.541 bits per heavy atom. The third-order valence-corrected chi connectivity index (χ3v) is 6.15. The quantitative estimate of drug-likeness (QED) is 0.183. The lowest BCUT2D eigenvalue weighted by atomic mass is 9.99. The Balaban J connectivity index is 1.40. The molecule has 5 aromatic rings. The summed E-state index contributed by atoms with van der Waals surface area (Å²) in [5, 5.41) is 18.7. The molecular formula is C34H23N3. The molecule has 0 saturated heterocycles. The van der Waals surface area contributed by atoms with E-state index in [0.717, 1.165) is 39.3 Å². The number of nitriles is 2. The van der Waals surface area contributed by atoms with Crippen LogP contribution in [0.4, 0.5) is 17.1 Å². The maximum absolute atomic E-state index is 9.72. The average Bonchev–Trinajstić information content (AvgIpc) is 2.98. The van der Waals surface area contributed by atoms with Gasteiger partial charge in [0.05, 0.1) is 23.3 Å². The van der Waals surface area contributed by atoms with Crippen LogP contribution in [0.3, 0.4) is 0 Å². The number of allylic oxidation sites excluding steroid dienone is 1. The van der Waals surface area contributed by atoms with Crippen LogP contribution in [0.15, 0.2) is 133 Å². The lowest BCUT2D eigenvalue weighted by Crippen LogP contribution is -2.09. The minimum atomic E-state index is 0.577. The summed E-state index contributed by atoms with van der Waals surface area (Å²) in [6.07, 6.45) is 1.84. The zero-order chi connectivity index (χ0) is 25.5. The molecule has 0 unspecified atom stereocenters. The van der Waals surface area contributed by atoms with Gasteiger partial charge in [0.25, 0.3) is 0 Å². The molecule has 0 aliphatic heterocycles. The summed E-state index contributed by atoms with van der Waals surface area (Å²) in [6, 6.07) is 48.8. The highest BCUT2D eigenvalue weighted by molar-refractivity contribution is 5.90. The number of anilines is 3. The lowest BCUT2D eigenvalue weighted by Gasteiger charge is -2.25. The predicted octanol–water partition coefficient (Wildman–Crippen LogP) is 8.76. The van der Waals surface area contributed by atoms with Crippen LogP contribution in [0.5, 0.6) is 0 Å². The van der Waals surface area contributed by atoms with Gasteiger partial charge in [-0.25, -0.2) is 0 Å². The Morgan fingerprint density at radius 2 is 1.03 bits per heavy atom. The molecule has 0 aliphatic carbocycles. The molecule has 0 saturated carbocycles. The standard InChI is InChI=1S/C34H23N3/c35-24-27-13-11-26(12-14-27)23-31(25-36)30-17-15-28(16-18-30)29-19-21-34(22-20-29)37(32-7-3-1-4-8-32)33-9-5-2-6-10-33/h1-23H/b31-23-. The minimum absolute atomic E-state index is 0.577. The van der Waals surface area contributed by atoms with Gasteiger partial charge in [0.15, 0.2) is 0 Å². The molecule has 0 heterocycles. The molecule has 3 nitrogen and oxygen atoms in total. The molecular weight excluding hydrogens is 450 g/mol. The summed E-state index contributed by atoms with van der Waals surface area (Å²) < 4.78 is 0. The van der Waals surface area contributed by atoms with Crippen molar-refractivity contribution in [2.24, 2.45) is 0 Å². The third-order valence-electron chi connectivity index (χ3n) is 6.15. The summed E-state index contributed by atoms with van der Waals surface area (Å²) in [4.78, 5) is 2.24. The highest BCUT2D eigenvalue weighted by Crippen LogP contribution is 2.35. The van der Waals surface area contributed by atoms with Crippen molar-refractivity contribution in [1.29, 1.82) is 10.5 Å². The van der Waals surface area contributed by atoms with Crippen LogP contribution < -0.4 is 4.90 Å². The zero-order valence-electron chi connectivity index (χ0n) is 20.1. The summed E-state index contributed by atoms with van der Waals surface area (Å²) in [7, 11) is 0. The molecule has 3 heteroatoms. The fourth-order valence-corrected chi connectivity index (χ4v) is 4.25. The zero-order valence-corrected chi connectivity index (χ0v) is 20.1. The van der Waals surface area contributed by atoms with E-state index in [0.29, 0.717) is 11.1 Å². The first kappa shape index (κ1) is 23.4. The van der Waals surface area contributed by atoms with E-state index in [1.165, 1.54) is 0 Å². The SMILES string of the molecule is N#C/C(=C/c1ccc(C#N)cc1)c1ccc(-c2ccc(N(c3ccccc3)c3ccccc3)cc2)cc1. The van der Waals surface area contributed by atoms with E-state index in [1.54, 1.807) is 12.1 Å². The lowest BCUT2D eigenvalue weighted by molar-refractivity contribution is 1.28. The van der Waals surface area contributed by atoms with Crippen molar-refractivity contribution in [1.82, 2.24) is 0 Å². The smallest absolute Gasteiger partial charge is 0.0998 e. The van der Waals surface area contributed by atoms with E-state index in [-0.39, 0.29) is 0 Å². The summed E-state index contributed by atoms with van der Waals surface area (Å²) in [6.45, 7) is 0. The molecule has 37 heavy (non-hydrogen) atoms. The van der Waals surface area contributed by atoms with Crippen LogP contribution in [-0.4, -0.2) is 0 Å². The van der Waals surface area contributed by atoms with E-state index in [9.17, 15) is 5.26 Å². The number of hydrogen-bond donors (Lipinski definition) is 0. The maximum atomic E-state index is 9.72. The monoisotopic (exact) mass is 473 g/mol. The Labute approximate surface area is 217 Å². The molecule has 5 aromatic carbocycles. The second-order valence-corrected chi connectivity index (χ2v) is 8.53. The van der Waals surface area contributed by atoms with E-state index < -0.39 is 0 Å². The number of nitrogens with zero attached hydrogens (tertiary/aromatic N) is 3. The predicted molar refractivity (Wildman–Crippen MR) is 151 cm³/mol. The largest absolute Gasteiger partial charge is 0.311 e. The van der Waals surface area contributed by atoms with Crippen molar-refractivity contribution < 1.29 is 0 Å². The Morgan fingerprint density at radius 3 is 1.51 bits per heavy atom. The average molecular weight is 474 g/mol. The fraction of sp³-hybridized carbons (Fsp3) is 0. The molecule has 0 spiro atoms. The summed E-state index contributed by atoms with van der Waals surface area (Å²) in [5.74, 6) is 0. The number of rotatable bonds is 6. The normalized spacial score (nSPS) is 10.8. The molecule has 0 aliphatic rings. The molecule has 0 bridgehead atoms. The molecule has 5 rings (SSSR count). The first-order chi connectivity index (χ1) is 18.2. The number of benzene rings is 5. The second kappa shape index (κ2) is 10.9. The number of para-hydroxylation sites is 2. The molecule has 0 atom stereocenters. The minimum Gasteiger partial charge on any atom is -0.311 e. The Kier molecular flexibility index (Phi) is 6.89. The van der Waals surface area contributed by atoms with Gasteiger partial charge in [0, 0.05) is 17.1 Å². The van der Waals surface area contributed by atoms with Gasteiger partial charge in [-0.15, -0.1) is 0 Å². The summed E-state index contributed by atoms with van der Waals surface area (Å²) in [5.41, 5.74) is 8.38. The van der Waals surface area contributed by atoms with Gasteiger partial charge in [0.1, 0.15) is 0 Å². The molecule has 0 radical (unpaired) electrons. The van der Waals surface area contributed by atoms with E-state index >= 15 is 0 Å². The van der Waals surface area contributed by atoms with Gasteiger partial charge in [0.2, 0.25) is 0 Å². The highest BCUT2D eigenvalue weighted by atomic mass is 15.1. The third kappa shape index (κ3) is 5.33. The number of hydrogen-bond acceptors (Lipinski definition) is 3. The Bertz CT molecular complexity index is 1550. The Hall–Kier alpha value is -5.38. The van der Waals surface area contributed by atoms with Crippen LogP contribution in [-0.2, 0) is 0 Å². The fourth-order valence-electron chi connectivity index (χ4n) is 4.25. The van der Waals surface area contributed by atoms with Crippen LogP contribution in [0.25, 0.3) is 22.8 Å². The van der Waals surface area contributed by atoms with Crippen molar-refractivity contribution in [3.05, 3.63) is 150 Å². The second-order valence-electron chi connectivity index (χ2n) is 8.53. The topological polar surface area (TPSA) is 50.8 Å². The van der Waals surface area contributed by atoms with E-state index in [4.69, 9.17) is 5.26 Å². The van der Waals surface area contributed by atoms with Crippen LogP contribution in [0.2, 0.25) is 0 Å². The first-order valence-electron chi connectivity index (χ1n) is 12.0. The highest BCUT2D eigenvalue weighted by Gasteiger charge is 2.12. The molecule has 0 amide bonds. The summed E-state index contributed by atoms with van der Waals surface area (Å²) >= 11 is 0. The molecule has 0 N–H and O–H groups in total. The van der Waals surface area contributed by atoms with Gasteiger partial charge in [-0.05, 0) is 76.9 Å². The van der Waals surface area contributed by atoms with Crippen molar-refractivity contribution in [2.45, 2.75) is 0 Å². The molecule has 0 aromatic heterocycles. The van der Waals surface area contributed by atoms with E-state index in [1.807, 2.05) is 78.9 Å².